The van der Waals surface area contributed by atoms with Gasteiger partial charge in [-0.25, -0.2) is 0 Å². The third-order valence-corrected chi connectivity index (χ3v) is 4.00. The van der Waals surface area contributed by atoms with Crippen LogP contribution < -0.4 is 0 Å². The molecule has 1 aromatic rings. The SMILES string of the molecule is C=CN(CCCC)C(Cc1ccccc1)CS(=O)(=O)O. The average Bonchev–Trinajstić information content (AvgIpc) is 2.39. The monoisotopic (exact) mass is 297 g/mol. The summed E-state index contributed by atoms with van der Waals surface area (Å²) in [6.07, 6.45) is 4.21. The second-order valence-corrected chi connectivity index (χ2v) is 6.36. The predicted octanol–water partition coefficient (Wildman–Crippen LogP) is 2.73. The van der Waals surface area contributed by atoms with Crippen LogP contribution in [0, 0.1) is 0 Å². The zero-order valence-corrected chi connectivity index (χ0v) is 12.7. The van der Waals surface area contributed by atoms with E-state index < -0.39 is 10.1 Å². The Hall–Kier alpha value is -1.33. The van der Waals surface area contributed by atoms with Crippen molar-refractivity contribution in [2.24, 2.45) is 0 Å². The minimum Gasteiger partial charge on any atom is -0.374 e. The molecular formula is C15H23NO3S. The molecule has 0 radical (unpaired) electrons. The van der Waals surface area contributed by atoms with Gasteiger partial charge in [-0.2, -0.15) is 8.42 Å². The number of nitrogens with zero attached hydrogens (tertiary/aromatic N) is 1. The van der Waals surface area contributed by atoms with Crippen LogP contribution in [0.4, 0.5) is 0 Å². The summed E-state index contributed by atoms with van der Waals surface area (Å²) in [5.41, 5.74) is 1.05. The van der Waals surface area contributed by atoms with Crippen LogP contribution in [0.1, 0.15) is 25.3 Å². The Balaban J connectivity index is 2.85. The van der Waals surface area contributed by atoms with Gasteiger partial charge in [0.1, 0.15) is 0 Å². The molecule has 0 aliphatic carbocycles. The minimum absolute atomic E-state index is 0.280. The van der Waals surface area contributed by atoms with Gasteiger partial charge in [0.05, 0.1) is 5.75 Å². The summed E-state index contributed by atoms with van der Waals surface area (Å²) in [4.78, 5) is 1.91. The molecule has 0 aliphatic rings. The lowest BCUT2D eigenvalue weighted by molar-refractivity contribution is 0.285. The molecule has 1 N–H and O–H groups in total. The van der Waals surface area contributed by atoms with Crippen molar-refractivity contribution < 1.29 is 13.0 Å². The van der Waals surface area contributed by atoms with Crippen LogP contribution in [-0.4, -0.2) is 36.2 Å². The standard InChI is InChI=1S/C15H23NO3S/c1-3-5-11-16(4-2)15(13-20(17,18)19)12-14-9-7-6-8-10-14/h4,6-10,15H,2-3,5,11-13H2,1H3,(H,17,18,19). The molecule has 0 heterocycles. The summed E-state index contributed by atoms with van der Waals surface area (Å²) < 4.78 is 31.6. The maximum absolute atomic E-state index is 11.2. The van der Waals surface area contributed by atoms with Crippen molar-refractivity contribution in [3.8, 4) is 0 Å². The highest BCUT2D eigenvalue weighted by Gasteiger charge is 2.21. The van der Waals surface area contributed by atoms with Gasteiger partial charge in [-0.05, 0) is 24.6 Å². The molecule has 0 aromatic heterocycles. The van der Waals surface area contributed by atoms with Gasteiger partial charge in [0.2, 0.25) is 0 Å². The van der Waals surface area contributed by atoms with Crippen LogP contribution in [0.3, 0.4) is 0 Å². The zero-order chi connectivity index (χ0) is 15.0. The molecule has 1 rings (SSSR count). The molecule has 1 aromatic carbocycles. The van der Waals surface area contributed by atoms with Crippen LogP contribution in [0.15, 0.2) is 43.1 Å². The van der Waals surface area contributed by atoms with E-state index in [4.69, 9.17) is 4.55 Å². The van der Waals surface area contributed by atoms with Crippen molar-refractivity contribution in [1.29, 1.82) is 0 Å². The largest absolute Gasteiger partial charge is 0.374 e. The summed E-state index contributed by atoms with van der Waals surface area (Å²) in [7, 11) is -4.01. The Labute approximate surface area is 121 Å². The zero-order valence-electron chi connectivity index (χ0n) is 11.9. The van der Waals surface area contributed by atoms with Gasteiger partial charge in [-0.1, -0.05) is 50.3 Å². The number of unbranched alkanes of at least 4 members (excludes halogenated alkanes) is 1. The Morgan fingerprint density at radius 1 is 1.35 bits per heavy atom. The van der Waals surface area contributed by atoms with Crippen LogP contribution in [0.5, 0.6) is 0 Å². The van der Waals surface area contributed by atoms with Gasteiger partial charge in [-0.3, -0.25) is 4.55 Å². The Morgan fingerprint density at radius 3 is 2.50 bits per heavy atom. The fourth-order valence-corrected chi connectivity index (χ4v) is 2.96. The number of rotatable bonds is 9. The van der Waals surface area contributed by atoms with E-state index in [1.54, 1.807) is 6.20 Å². The quantitative estimate of drug-likeness (QED) is 0.712. The minimum atomic E-state index is -4.01. The third-order valence-electron chi connectivity index (χ3n) is 3.19. The number of hydrogen-bond acceptors (Lipinski definition) is 3. The normalized spacial score (nSPS) is 12.9. The van der Waals surface area contributed by atoms with E-state index in [-0.39, 0.29) is 11.8 Å². The molecule has 20 heavy (non-hydrogen) atoms. The van der Waals surface area contributed by atoms with Gasteiger partial charge in [0.15, 0.2) is 0 Å². The molecule has 0 bridgehead atoms. The first-order valence-corrected chi connectivity index (χ1v) is 8.44. The molecule has 1 atom stereocenters. The lowest BCUT2D eigenvalue weighted by atomic mass is 10.1. The molecular weight excluding hydrogens is 274 g/mol. The maximum Gasteiger partial charge on any atom is 0.266 e. The van der Waals surface area contributed by atoms with Crippen LogP contribution in [0.25, 0.3) is 0 Å². The van der Waals surface area contributed by atoms with Crippen molar-refractivity contribution in [3.63, 3.8) is 0 Å². The van der Waals surface area contributed by atoms with E-state index in [9.17, 15) is 8.42 Å². The van der Waals surface area contributed by atoms with E-state index in [1.807, 2.05) is 35.2 Å². The average molecular weight is 297 g/mol. The topological polar surface area (TPSA) is 57.6 Å². The van der Waals surface area contributed by atoms with Gasteiger partial charge in [0, 0.05) is 12.6 Å². The molecule has 4 nitrogen and oxygen atoms in total. The summed E-state index contributed by atoms with van der Waals surface area (Å²) in [6.45, 7) is 6.58. The number of benzene rings is 1. The first-order valence-electron chi connectivity index (χ1n) is 6.83. The lowest BCUT2D eigenvalue weighted by Crippen LogP contribution is -2.38. The van der Waals surface area contributed by atoms with Crippen molar-refractivity contribution >= 4 is 10.1 Å². The summed E-state index contributed by atoms with van der Waals surface area (Å²) >= 11 is 0. The van der Waals surface area contributed by atoms with E-state index in [1.165, 1.54) is 0 Å². The van der Waals surface area contributed by atoms with Crippen molar-refractivity contribution in [2.75, 3.05) is 12.3 Å². The third kappa shape index (κ3) is 6.21. The van der Waals surface area contributed by atoms with Crippen LogP contribution in [0.2, 0.25) is 0 Å². The van der Waals surface area contributed by atoms with Crippen LogP contribution in [-0.2, 0) is 16.5 Å². The van der Waals surface area contributed by atoms with Crippen LogP contribution >= 0.6 is 0 Å². The van der Waals surface area contributed by atoms with Gasteiger partial charge in [0.25, 0.3) is 10.1 Å². The Kier molecular flexibility index (Phi) is 6.75. The smallest absolute Gasteiger partial charge is 0.266 e. The van der Waals surface area contributed by atoms with Crippen molar-refractivity contribution in [2.45, 2.75) is 32.2 Å². The number of hydrogen-bond donors (Lipinski definition) is 1. The van der Waals surface area contributed by atoms with E-state index in [2.05, 4.69) is 13.5 Å². The fourth-order valence-electron chi connectivity index (χ4n) is 2.16. The highest BCUT2D eigenvalue weighted by molar-refractivity contribution is 7.85. The van der Waals surface area contributed by atoms with E-state index in [0.29, 0.717) is 6.42 Å². The van der Waals surface area contributed by atoms with Gasteiger partial charge in [-0.15, -0.1) is 0 Å². The molecule has 0 fully saturated rings. The van der Waals surface area contributed by atoms with Crippen molar-refractivity contribution in [3.05, 3.63) is 48.7 Å². The van der Waals surface area contributed by atoms with Gasteiger partial charge < -0.3 is 4.90 Å². The molecule has 112 valence electrons. The maximum atomic E-state index is 11.2. The Bertz CT molecular complexity index is 499. The lowest BCUT2D eigenvalue weighted by Gasteiger charge is -2.29. The molecule has 0 aliphatic heterocycles. The summed E-state index contributed by atoms with van der Waals surface area (Å²) in [5, 5.41) is 0. The molecule has 0 saturated heterocycles. The molecule has 0 amide bonds. The summed E-state index contributed by atoms with van der Waals surface area (Å²) in [5.74, 6) is -0.280. The van der Waals surface area contributed by atoms with E-state index in [0.717, 1.165) is 24.9 Å². The highest BCUT2D eigenvalue weighted by atomic mass is 32.2. The second-order valence-electron chi connectivity index (χ2n) is 4.87. The first-order chi connectivity index (χ1) is 9.46. The molecule has 0 spiro atoms. The second kappa shape index (κ2) is 8.07. The molecule has 1 unspecified atom stereocenters. The molecule has 0 saturated carbocycles. The van der Waals surface area contributed by atoms with Gasteiger partial charge >= 0.3 is 0 Å². The van der Waals surface area contributed by atoms with E-state index >= 15 is 0 Å². The Morgan fingerprint density at radius 2 is 2.00 bits per heavy atom. The fraction of sp³-hybridized carbons (Fsp3) is 0.467. The van der Waals surface area contributed by atoms with Crippen molar-refractivity contribution in [1.82, 2.24) is 4.90 Å². The summed E-state index contributed by atoms with van der Waals surface area (Å²) in [6, 6.07) is 9.38. The predicted molar refractivity (Wildman–Crippen MR) is 82.2 cm³/mol. The molecule has 5 heteroatoms. The first kappa shape index (κ1) is 16.7. The highest BCUT2D eigenvalue weighted by Crippen LogP contribution is 2.12.